The maximum absolute atomic E-state index is 2.76. The maximum atomic E-state index is 2.76. The first-order valence-electron chi connectivity index (χ1n) is 12.6. The van der Waals surface area contributed by atoms with Gasteiger partial charge in [0.2, 0.25) is 0 Å². The van der Waals surface area contributed by atoms with Crippen molar-refractivity contribution >= 4 is 8.07 Å². The molecule has 0 saturated heterocycles. The molecule has 4 aliphatic carbocycles. The molecule has 0 N–H and O–H groups in total. The summed E-state index contributed by atoms with van der Waals surface area (Å²) in [6, 6.07) is 11.5. The quantitative estimate of drug-likeness (QED) is 0.423. The van der Waals surface area contributed by atoms with E-state index in [1.54, 1.807) is 11.1 Å². The van der Waals surface area contributed by atoms with Gasteiger partial charge >= 0.3 is 0 Å². The van der Waals surface area contributed by atoms with Gasteiger partial charge in [-0.2, -0.15) is 0 Å². The molecule has 0 heterocycles. The molecule has 4 aliphatic rings. The second kappa shape index (κ2) is 7.76. The smallest absolute Gasteiger partial charge is 0.0554 e. The fraction of sp³-hybridized carbons (Fsp3) is 0.533. The average Bonchev–Trinajstić information content (AvgIpc) is 3.35. The SMILES string of the molecule is CC(C)(C)C1=CC2CCC([Si](C)(C)C3C(c4ccccc4)CC4C=CC=CC43)C2C=C1. The fourth-order valence-corrected chi connectivity index (χ4v) is 13.2. The Bertz CT molecular complexity index is 923. The van der Waals surface area contributed by atoms with Crippen LogP contribution in [0.5, 0.6) is 0 Å². The van der Waals surface area contributed by atoms with Gasteiger partial charge in [-0.1, -0.05) is 113 Å². The number of hydrogen-bond donors (Lipinski definition) is 0. The molecule has 1 heteroatoms. The number of benzene rings is 1. The van der Waals surface area contributed by atoms with Gasteiger partial charge in [0.15, 0.2) is 0 Å². The van der Waals surface area contributed by atoms with Crippen molar-refractivity contribution in [1.29, 1.82) is 0 Å². The van der Waals surface area contributed by atoms with Crippen molar-refractivity contribution in [1.82, 2.24) is 0 Å². The van der Waals surface area contributed by atoms with Crippen LogP contribution in [0.15, 0.2) is 78.4 Å². The third kappa shape index (κ3) is 3.67. The van der Waals surface area contributed by atoms with Crippen LogP contribution in [0.1, 0.15) is 51.5 Å². The third-order valence-electron chi connectivity index (χ3n) is 9.24. The van der Waals surface area contributed by atoms with E-state index in [2.05, 4.69) is 107 Å². The Morgan fingerprint density at radius 2 is 1.58 bits per heavy atom. The van der Waals surface area contributed by atoms with E-state index in [0.29, 0.717) is 0 Å². The summed E-state index contributed by atoms with van der Waals surface area (Å²) in [6.45, 7) is 12.6. The summed E-state index contributed by atoms with van der Waals surface area (Å²) in [5.41, 5.74) is 5.15. The molecule has 1 aromatic carbocycles. The summed E-state index contributed by atoms with van der Waals surface area (Å²) in [5.74, 6) is 3.73. The second-order valence-corrected chi connectivity index (χ2v) is 17.3. The minimum Gasteiger partial charge on any atom is -0.0808 e. The van der Waals surface area contributed by atoms with Crippen LogP contribution in [0.3, 0.4) is 0 Å². The predicted octanol–water partition coefficient (Wildman–Crippen LogP) is 8.55. The molecule has 2 saturated carbocycles. The standard InChI is InChI=1S/C30H40Si/c1-30(2,3)24-16-17-25-23(19-24)15-18-28(25)31(4,5)29-26-14-10-9-13-22(26)20-27(29)21-11-7-6-8-12-21/h6-14,16-17,19,22-23,25-29H,15,18,20H2,1-5H3. The highest BCUT2D eigenvalue weighted by atomic mass is 28.3. The van der Waals surface area contributed by atoms with Gasteiger partial charge in [-0.3, -0.25) is 0 Å². The highest BCUT2D eigenvalue weighted by Gasteiger charge is 2.55. The van der Waals surface area contributed by atoms with Gasteiger partial charge in [0, 0.05) is 0 Å². The number of hydrogen-bond acceptors (Lipinski definition) is 0. The van der Waals surface area contributed by atoms with E-state index >= 15 is 0 Å². The summed E-state index contributed by atoms with van der Waals surface area (Å²) in [4.78, 5) is 0. The highest BCUT2D eigenvalue weighted by Crippen LogP contribution is 2.63. The van der Waals surface area contributed by atoms with Crippen LogP contribution in [-0.4, -0.2) is 8.07 Å². The maximum Gasteiger partial charge on any atom is 0.0554 e. The summed E-state index contributed by atoms with van der Waals surface area (Å²) in [6.07, 6.45) is 21.7. The Labute approximate surface area is 191 Å². The topological polar surface area (TPSA) is 0 Å². The van der Waals surface area contributed by atoms with Gasteiger partial charge in [0.25, 0.3) is 0 Å². The Morgan fingerprint density at radius 1 is 0.839 bits per heavy atom. The first kappa shape index (κ1) is 21.3. The van der Waals surface area contributed by atoms with Crippen LogP contribution in [0.25, 0.3) is 0 Å². The molecular formula is C30H40Si. The normalized spacial score (nSPS) is 36.9. The molecule has 0 spiro atoms. The third-order valence-corrected chi connectivity index (χ3v) is 14.3. The number of rotatable bonds is 3. The molecule has 2 fully saturated rings. The van der Waals surface area contributed by atoms with Crippen molar-refractivity contribution in [2.45, 2.75) is 70.1 Å². The molecule has 0 aromatic heterocycles. The molecule has 0 bridgehead atoms. The van der Waals surface area contributed by atoms with Crippen molar-refractivity contribution in [2.75, 3.05) is 0 Å². The van der Waals surface area contributed by atoms with Crippen LogP contribution in [0.4, 0.5) is 0 Å². The van der Waals surface area contributed by atoms with Gasteiger partial charge < -0.3 is 0 Å². The summed E-state index contributed by atoms with van der Waals surface area (Å²) >= 11 is 0. The van der Waals surface area contributed by atoms with Crippen LogP contribution >= 0.6 is 0 Å². The van der Waals surface area contributed by atoms with Gasteiger partial charge in [-0.15, -0.1) is 0 Å². The van der Waals surface area contributed by atoms with Crippen LogP contribution in [0, 0.1) is 29.1 Å². The van der Waals surface area contributed by atoms with Gasteiger partial charge in [0.05, 0.1) is 8.07 Å². The summed E-state index contributed by atoms with van der Waals surface area (Å²) in [5, 5.41) is 0. The molecule has 0 radical (unpaired) electrons. The Morgan fingerprint density at radius 3 is 2.32 bits per heavy atom. The number of allylic oxidation sites excluding steroid dienone is 8. The van der Waals surface area contributed by atoms with Crippen molar-refractivity contribution in [3.63, 3.8) is 0 Å². The van der Waals surface area contributed by atoms with Crippen LogP contribution in [0.2, 0.25) is 24.2 Å². The molecule has 0 nitrogen and oxygen atoms in total. The predicted molar refractivity (Wildman–Crippen MR) is 137 cm³/mol. The lowest BCUT2D eigenvalue weighted by Gasteiger charge is -2.45. The van der Waals surface area contributed by atoms with E-state index in [4.69, 9.17) is 0 Å². The minimum absolute atomic E-state index is 0.267. The second-order valence-electron chi connectivity index (χ2n) is 12.3. The lowest BCUT2D eigenvalue weighted by molar-refractivity contribution is 0.473. The van der Waals surface area contributed by atoms with E-state index in [9.17, 15) is 0 Å². The molecule has 31 heavy (non-hydrogen) atoms. The van der Waals surface area contributed by atoms with Crippen molar-refractivity contribution in [3.05, 3.63) is 84.0 Å². The summed E-state index contributed by atoms with van der Waals surface area (Å²) in [7, 11) is -1.53. The molecule has 5 rings (SSSR count). The molecule has 7 unspecified atom stereocenters. The zero-order valence-corrected chi connectivity index (χ0v) is 21.1. The Balaban J connectivity index is 1.48. The first-order chi connectivity index (χ1) is 14.8. The monoisotopic (exact) mass is 428 g/mol. The fourth-order valence-electron chi connectivity index (χ4n) is 7.70. The molecule has 7 atom stereocenters. The van der Waals surface area contributed by atoms with E-state index < -0.39 is 8.07 Å². The zero-order chi connectivity index (χ0) is 21.8. The zero-order valence-electron chi connectivity index (χ0n) is 20.1. The van der Waals surface area contributed by atoms with Gasteiger partial charge in [0.1, 0.15) is 0 Å². The van der Waals surface area contributed by atoms with Crippen molar-refractivity contribution < 1.29 is 0 Å². The van der Waals surface area contributed by atoms with Gasteiger partial charge in [-0.05, 0) is 70.1 Å². The Hall–Kier alpha value is -1.60. The molecule has 0 amide bonds. The van der Waals surface area contributed by atoms with E-state index in [1.807, 2.05) is 0 Å². The summed E-state index contributed by atoms with van der Waals surface area (Å²) < 4.78 is 0. The minimum atomic E-state index is -1.53. The number of fused-ring (bicyclic) bond motifs is 2. The molecular weight excluding hydrogens is 388 g/mol. The van der Waals surface area contributed by atoms with Gasteiger partial charge in [-0.25, -0.2) is 0 Å². The van der Waals surface area contributed by atoms with Crippen LogP contribution in [-0.2, 0) is 0 Å². The van der Waals surface area contributed by atoms with Crippen molar-refractivity contribution in [2.24, 2.45) is 29.1 Å². The van der Waals surface area contributed by atoms with E-state index in [-0.39, 0.29) is 5.41 Å². The average molecular weight is 429 g/mol. The lowest BCUT2D eigenvalue weighted by atomic mass is 9.78. The Kier molecular flexibility index (Phi) is 5.32. The largest absolute Gasteiger partial charge is 0.0808 e. The molecule has 0 aliphatic heterocycles. The first-order valence-corrected chi connectivity index (χ1v) is 15.7. The highest BCUT2D eigenvalue weighted by molar-refractivity contribution is 6.80. The lowest BCUT2D eigenvalue weighted by Crippen LogP contribution is -2.44. The molecule has 164 valence electrons. The molecule has 1 aromatic rings. The van der Waals surface area contributed by atoms with Crippen molar-refractivity contribution in [3.8, 4) is 0 Å². The van der Waals surface area contributed by atoms with Crippen LogP contribution < -0.4 is 0 Å². The van der Waals surface area contributed by atoms with E-state index in [1.165, 1.54) is 19.3 Å². The van der Waals surface area contributed by atoms with E-state index in [0.717, 1.165) is 40.7 Å².